The first-order valence-corrected chi connectivity index (χ1v) is 14.7. The molecule has 0 bridgehead atoms. The van der Waals surface area contributed by atoms with Gasteiger partial charge in [0, 0.05) is 43.4 Å². The van der Waals surface area contributed by atoms with Crippen molar-refractivity contribution in [2.24, 2.45) is 0 Å². The summed E-state index contributed by atoms with van der Waals surface area (Å²) in [6.07, 6.45) is 9.88. The Hall–Kier alpha value is -4.04. The van der Waals surface area contributed by atoms with Crippen LogP contribution in [0.25, 0.3) is 11.3 Å². The van der Waals surface area contributed by atoms with Crippen LogP contribution in [0.15, 0.2) is 91.5 Å². The number of hydrogen-bond acceptors (Lipinski definition) is 5. The van der Waals surface area contributed by atoms with E-state index in [9.17, 15) is 4.79 Å². The number of nitrogens with one attached hydrogen (secondary N) is 2. The van der Waals surface area contributed by atoms with Crippen molar-refractivity contribution in [1.82, 2.24) is 30.2 Å². The minimum atomic E-state index is -0.337. The molecule has 0 fully saturated rings. The fourth-order valence-corrected chi connectivity index (χ4v) is 6.12. The van der Waals surface area contributed by atoms with Gasteiger partial charge in [-0.25, -0.2) is 4.98 Å². The number of hydrogen-bond donors (Lipinski definition) is 2. The van der Waals surface area contributed by atoms with Crippen molar-refractivity contribution in [3.05, 3.63) is 135 Å². The SMILES string of the molecule is O=C(NCc1cccc(CN(Cc2nc(-c3ccccc3)c[nH]2)C2CCCc3cccnc32)c1)c1c(Cl)cncc1Cl. The van der Waals surface area contributed by atoms with Crippen LogP contribution in [0.2, 0.25) is 10.0 Å². The van der Waals surface area contributed by atoms with Crippen molar-refractivity contribution in [2.45, 2.75) is 44.9 Å². The van der Waals surface area contributed by atoms with Gasteiger partial charge < -0.3 is 10.3 Å². The van der Waals surface area contributed by atoms with Crippen LogP contribution in [-0.4, -0.2) is 30.7 Å². The number of benzene rings is 2. The average Bonchev–Trinajstić information content (AvgIpc) is 3.49. The maximum Gasteiger partial charge on any atom is 0.254 e. The predicted molar refractivity (Wildman–Crippen MR) is 165 cm³/mol. The first-order chi connectivity index (χ1) is 20.5. The van der Waals surface area contributed by atoms with E-state index < -0.39 is 0 Å². The molecule has 2 N–H and O–H groups in total. The molecule has 0 saturated heterocycles. The van der Waals surface area contributed by atoms with E-state index in [1.54, 1.807) is 0 Å². The first-order valence-electron chi connectivity index (χ1n) is 14.0. The Kier molecular flexibility index (Phi) is 8.60. The minimum Gasteiger partial charge on any atom is -0.348 e. The third kappa shape index (κ3) is 6.39. The third-order valence-corrected chi connectivity index (χ3v) is 8.14. The van der Waals surface area contributed by atoms with Crippen LogP contribution in [0.1, 0.15) is 57.5 Å². The van der Waals surface area contributed by atoms with Crippen molar-refractivity contribution in [3.63, 3.8) is 0 Å². The quantitative estimate of drug-likeness (QED) is 0.188. The van der Waals surface area contributed by atoms with E-state index in [1.165, 1.54) is 18.0 Å². The van der Waals surface area contributed by atoms with Crippen LogP contribution in [0.5, 0.6) is 0 Å². The van der Waals surface area contributed by atoms with Gasteiger partial charge in [-0.15, -0.1) is 0 Å². The number of H-pyrrole nitrogens is 1. The molecule has 3 aromatic heterocycles. The molecule has 42 heavy (non-hydrogen) atoms. The summed E-state index contributed by atoms with van der Waals surface area (Å²) in [5, 5.41) is 3.38. The van der Waals surface area contributed by atoms with Gasteiger partial charge in [0.1, 0.15) is 5.82 Å². The van der Waals surface area contributed by atoms with Crippen molar-refractivity contribution >= 4 is 29.1 Å². The van der Waals surface area contributed by atoms with Crippen LogP contribution in [0.4, 0.5) is 0 Å². The maximum absolute atomic E-state index is 12.8. The number of nitrogens with zero attached hydrogens (tertiary/aromatic N) is 4. The Morgan fingerprint density at radius 2 is 1.79 bits per heavy atom. The molecule has 5 aromatic rings. The highest BCUT2D eigenvalue weighted by Gasteiger charge is 2.28. The molecular formula is C33H30Cl2N6O. The lowest BCUT2D eigenvalue weighted by Gasteiger charge is -2.34. The average molecular weight is 598 g/mol. The van der Waals surface area contributed by atoms with Gasteiger partial charge in [0.25, 0.3) is 5.91 Å². The van der Waals surface area contributed by atoms with Crippen LogP contribution >= 0.6 is 23.2 Å². The Bertz CT molecular complexity index is 1670. The lowest BCUT2D eigenvalue weighted by molar-refractivity contribution is 0.0951. The van der Waals surface area contributed by atoms with Gasteiger partial charge in [-0.1, -0.05) is 83.9 Å². The zero-order valence-corrected chi connectivity index (χ0v) is 24.4. The predicted octanol–water partition coefficient (Wildman–Crippen LogP) is 7.18. The number of aromatic nitrogens is 4. The van der Waals surface area contributed by atoms with Gasteiger partial charge >= 0.3 is 0 Å². The Labute approximate surface area is 255 Å². The van der Waals surface area contributed by atoms with Gasteiger partial charge in [0.2, 0.25) is 0 Å². The van der Waals surface area contributed by atoms with Crippen molar-refractivity contribution in [1.29, 1.82) is 0 Å². The van der Waals surface area contributed by atoms with Gasteiger partial charge in [-0.2, -0.15) is 0 Å². The normalized spacial score (nSPS) is 14.5. The van der Waals surface area contributed by atoms with E-state index in [1.807, 2.05) is 48.8 Å². The number of imidazole rings is 1. The van der Waals surface area contributed by atoms with Crippen LogP contribution in [0.3, 0.4) is 0 Å². The molecule has 1 unspecified atom stereocenters. The van der Waals surface area contributed by atoms with Gasteiger partial charge in [0.15, 0.2) is 0 Å². The van der Waals surface area contributed by atoms with E-state index in [0.29, 0.717) is 19.6 Å². The first kappa shape index (κ1) is 28.1. The van der Waals surface area contributed by atoms with Crippen molar-refractivity contribution in [2.75, 3.05) is 0 Å². The number of fused-ring (bicyclic) bond motifs is 1. The highest BCUT2D eigenvalue weighted by atomic mass is 35.5. The summed E-state index contributed by atoms with van der Waals surface area (Å²) in [7, 11) is 0. The summed E-state index contributed by atoms with van der Waals surface area (Å²) in [5.74, 6) is 0.572. The Morgan fingerprint density at radius 3 is 2.62 bits per heavy atom. The number of carbonyl (C=O) groups excluding carboxylic acids is 1. The number of aromatic amines is 1. The van der Waals surface area contributed by atoms with E-state index in [4.69, 9.17) is 33.2 Å². The largest absolute Gasteiger partial charge is 0.348 e. The second-order valence-corrected chi connectivity index (χ2v) is 11.3. The molecule has 212 valence electrons. The summed E-state index contributed by atoms with van der Waals surface area (Å²) >= 11 is 12.4. The molecule has 6 rings (SSSR count). The second-order valence-electron chi connectivity index (χ2n) is 10.4. The Morgan fingerprint density at radius 1 is 0.976 bits per heavy atom. The Balaban J connectivity index is 1.23. The molecule has 0 aliphatic heterocycles. The van der Waals surface area contributed by atoms with Crippen LogP contribution in [0, 0.1) is 0 Å². The molecule has 9 heteroatoms. The van der Waals surface area contributed by atoms with Crippen molar-refractivity contribution < 1.29 is 4.79 Å². The lowest BCUT2D eigenvalue weighted by Crippen LogP contribution is -2.32. The zero-order valence-electron chi connectivity index (χ0n) is 22.9. The fourth-order valence-electron chi connectivity index (χ4n) is 5.58. The minimum absolute atomic E-state index is 0.166. The molecule has 1 amide bonds. The highest BCUT2D eigenvalue weighted by molar-refractivity contribution is 6.39. The topological polar surface area (TPSA) is 86.8 Å². The van der Waals surface area contributed by atoms with Crippen LogP contribution in [-0.2, 0) is 26.1 Å². The van der Waals surface area contributed by atoms with E-state index in [2.05, 4.69) is 50.5 Å². The fraction of sp³-hybridized carbons (Fsp3) is 0.212. The van der Waals surface area contributed by atoms with Crippen molar-refractivity contribution in [3.8, 4) is 11.3 Å². The number of rotatable bonds is 9. The summed E-state index contributed by atoms with van der Waals surface area (Å²) < 4.78 is 0. The molecule has 2 aromatic carbocycles. The molecule has 0 radical (unpaired) electrons. The number of aryl methyl sites for hydroxylation is 1. The van der Waals surface area contributed by atoms with Gasteiger partial charge in [-0.3, -0.25) is 19.7 Å². The summed E-state index contributed by atoms with van der Waals surface area (Å²) in [6.45, 7) is 1.69. The molecule has 7 nitrogen and oxygen atoms in total. The summed E-state index contributed by atoms with van der Waals surface area (Å²) in [5.41, 5.74) is 6.82. The molecule has 0 spiro atoms. The number of pyridine rings is 2. The van der Waals surface area contributed by atoms with Gasteiger partial charge in [-0.05, 0) is 42.0 Å². The number of amides is 1. The monoisotopic (exact) mass is 596 g/mol. The molecule has 0 saturated carbocycles. The summed E-state index contributed by atoms with van der Waals surface area (Å²) in [6, 6.07) is 22.8. The number of carbonyl (C=O) groups is 1. The second kappa shape index (κ2) is 12.9. The molecule has 1 aliphatic rings. The highest BCUT2D eigenvalue weighted by Crippen LogP contribution is 2.35. The standard InChI is InChI=1S/C33H30Cl2N6O/c34-26-17-36-18-27(35)31(26)33(42)39-16-22-7-4-8-23(15-22)20-41(29-13-5-11-25-12-6-14-37-32(25)29)21-30-38-19-28(40-30)24-9-2-1-3-10-24/h1-4,6-10,12,14-15,17-19,29H,5,11,13,16,20-21H2,(H,38,40)(H,39,42). The molecule has 3 heterocycles. The van der Waals surface area contributed by atoms with E-state index >= 15 is 0 Å². The third-order valence-electron chi connectivity index (χ3n) is 7.57. The van der Waals surface area contributed by atoms with Gasteiger partial charge in [0.05, 0.1) is 39.6 Å². The van der Waals surface area contributed by atoms with Crippen LogP contribution < -0.4 is 5.32 Å². The zero-order chi connectivity index (χ0) is 28.9. The maximum atomic E-state index is 12.8. The molecule has 1 atom stereocenters. The van der Waals surface area contributed by atoms with E-state index in [-0.39, 0.29) is 27.6 Å². The molecular weight excluding hydrogens is 567 g/mol. The smallest absolute Gasteiger partial charge is 0.254 e. The van der Waals surface area contributed by atoms with E-state index in [0.717, 1.165) is 53.2 Å². The number of halogens is 2. The lowest BCUT2D eigenvalue weighted by atomic mass is 9.90. The molecule has 1 aliphatic carbocycles. The summed E-state index contributed by atoms with van der Waals surface area (Å²) in [4.78, 5) is 32.4.